The van der Waals surface area contributed by atoms with Crippen molar-refractivity contribution in [3.8, 4) is 17.5 Å². The summed E-state index contributed by atoms with van der Waals surface area (Å²) in [7, 11) is 0. The molecule has 0 fully saturated rings. The molecule has 1 aromatic carbocycles. The van der Waals surface area contributed by atoms with Crippen molar-refractivity contribution in [1.29, 1.82) is 5.26 Å². The first-order chi connectivity index (χ1) is 15.5. The molecule has 0 atom stereocenters. The Balaban J connectivity index is 1.46. The van der Waals surface area contributed by atoms with Gasteiger partial charge in [0.25, 0.3) is 0 Å². The molecule has 3 aromatic heterocycles. The lowest BCUT2D eigenvalue weighted by Gasteiger charge is -2.12. The van der Waals surface area contributed by atoms with Crippen LogP contribution in [0.4, 0.5) is 5.82 Å². The van der Waals surface area contributed by atoms with E-state index in [0.717, 1.165) is 22.6 Å². The number of halogens is 1. The highest BCUT2D eigenvalue weighted by Crippen LogP contribution is 2.27. The number of aromatic nitrogens is 5. The minimum absolute atomic E-state index is 0.116. The molecular formula is C22H20ClN7O2. The van der Waals surface area contributed by atoms with Gasteiger partial charge in [0.15, 0.2) is 0 Å². The molecule has 0 spiro atoms. The van der Waals surface area contributed by atoms with Gasteiger partial charge in [-0.3, -0.25) is 4.79 Å². The van der Waals surface area contributed by atoms with Crippen LogP contribution in [0, 0.1) is 25.2 Å². The van der Waals surface area contributed by atoms with Gasteiger partial charge in [0.1, 0.15) is 17.6 Å². The minimum Gasteiger partial charge on any atom is -0.467 e. The van der Waals surface area contributed by atoms with E-state index in [-0.39, 0.29) is 18.9 Å². The Bertz CT molecular complexity index is 1280. The first-order valence-electron chi connectivity index (χ1n) is 9.92. The molecule has 3 heterocycles. The van der Waals surface area contributed by atoms with Crippen molar-refractivity contribution in [2.24, 2.45) is 0 Å². The number of amides is 1. The lowest BCUT2D eigenvalue weighted by atomic mass is 10.2. The molecule has 0 radical (unpaired) electrons. The van der Waals surface area contributed by atoms with E-state index in [1.165, 1.54) is 4.80 Å². The van der Waals surface area contributed by atoms with E-state index in [0.29, 0.717) is 28.8 Å². The zero-order valence-electron chi connectivity index (χ0n) is 17.5. The largest absolute Gasteiger partial charge is 0.467 e. The highest BCUT2D eigenvalue weighted by Gasteiger charge is 2.20. The number of nitrogens with one attached hydrogen (secondary N) is 1. The summed E-state index contributed by atoms with van der Waals surface area (Å²) in [5, 5.41) is 25.5. The predicted molar refractivity (Wildman–Crippen MR) is 118 cm³/mol. The van der Waals surface area contributed by atoms with Crippen LogP contribution in [0.15, 0.2) is 47.1 Å². The molecule has 10 heteroatoms. The third-order valence-corrected chi connectivity index (χ3v) is 5.44. The number of tetrazole rings is 1. The second-order valence-electron chi connectivity index (χ2n) is 7.23. The SMILES string of the molecule is Cc1c(C#N)c(NC(=O)CCn2nnc(-c3ccc(Cl)cc3)n2)n(Cc2ccco2)c1C. The lowest BCUT2D eigenvalue weighted by Crippen LogP contribution is -2.19. The number of aryl methyl sites for hydroxylation is 1. The number of furan rings is 1. The number of hydrogen-bond acceptors (Lipinski definition) is 6. The molecule has 0 unspecified atom stereocenters. The minimum atomic E-state index is -0.259. The van der Waals surface area contributed by atoms with Gasteiger partial charge in [-0.1, -0.05) is 11.6 Å². The number of hydrogen-bond donors (Lipinski definition) is 1. The summed E-state index contributed by atoms with van der Waals surface area (Å²) in [5.41, 5.74) is 2.93. The van der Waals surface area contributed by atoms with E-state index in [4.69, 9.17) is 16.0 Å². The second-order valence-corrected chi connectivity index (χ2v) is 7.66. The summed E-state index contributed by atoms with van der Waals surface area (Å²) in [6, 6.07) is 12.9. The van der Waals surface area contributed by atoms with Crippen LogP contribution in [-0.4, -0.2) is 30.7 Å². The lowest BCUT2D eigenvalue weighted by molar-refractivity contribution is -0.116. The molecule has 0 bridgehead atoms. The predicted octanol–water partition coefficient (Wildman–Crippen LogP) is 3.95. The van der Waals surface area contributed by atoms with Crippen LogP contribution >= 0.6 is 11.6 Å². The molecule has 4 aromatic rings. The average Bonchev–Trinajstić information content (AvgIpc) is 3.51. The van der Waals surface area contributed by atoms with Crippen molar-refractivity contribution in [3.05, 3.63) is 70.3 Å². The monoisotopic (exact) mass is 449 g/mol. The fraction of sp³-hybridized carbons (Fsp3) is 0.227. The van der Waals surface area contributed by atoms with E-state index < -0.39 is 0 Å². The van der Waals surface area contributed by atoms with Crippen molar-refractivity contribution < 1.29 is 9.21 Å². The van der Waals surface area contributed by atoms with Gasteiger partial charge in [0.05, 0.1) is 24.9 Å². The molecule has 0 aliphatic rings. The fourth-order valence-electron chi connectivity index (χ4n) is 3.33. The maximum atomic E-state index is 12.7. The number of nitriles is 1. The highest BCUT2D eigenvalue weighted by molar-refractivity contribution is 6.30. The standard InChI is InChI=1S/C22H20ClN7O2/c1-14-15(2)29(13-18-4-3-11-32-18)22(19(14)12-24)25-20(31)9-10-30-27-21(26-28-30)16-5-7-17(23)8-6-16/h3-8,11H,9-10,13H2,1-2H3,(H,25,31). The van der Waals surface area contributed by atoms with Crippen molar-refractivity contribution in [2.75, 3.05) is 5.32 Å². The third kappa shape index (κ3) is 4.40. The van der Waals surface area contributed by atoms with Crippen LogP contribution in [0.25, 0.3) is 11.4 Å². The fourth-order valence-corrected chi connectivity index (χ4v) is 3.46. The van der Waals surface area contributed by atoms with Crippen molar-refractivity contribution in [1.82, 2.24) is 24.8 Å². The molecule has 0 aliphatic heterocycles. The van der Waals surface area contributed by atoms with Crippen LogP contribution in [0.2, 0.25) is 5.02 Å². The molecule has 32 heavy (non-hydrogen) atoms. The van der Waals surface area contributed by atoms with Gasteiger partial charge in [-0.2, -0.15) is 10.1 Å². The Morgan fingerprint density at radius 1 is 1.25 bits per heavy atom. The molecule has 1 N–H and O–H groups in total. The van der Waals surface area contributed by atoms with Gasteiger partial charge >= 0.3 is 0 Å². The Morgan fingerprint density at radius 3 is 2.72 bits per heavy atom. The second kappa shape index (κ2) is 9.08. The van der Waals surface area contributed by atoms with Crippen molar-refractivity contribution in [3.63, 3.8) is 0 Å². The van der Waals surface area contributed by atoms with Crippen LogP contribution in [0.5, 0.6) is 0 Å². The average molecular weight is 450 g/mol. The molecule has 4 rings (SSSR count). The van der Waals surface area contributed by atoms with Crippen LogP contribution in [0.1, 0.15) is 29.0 Å². The van der Waals surface area contributed by atoms with Gasteiger partial charge in [-0.05, 0) is 61.0 Å². The normalized spacial score (nSPS) is 10.8. The smallest absolute Gasteiger partial charge is 0.227 e. The van der Waals surface area contributed by atoms with Gasteiger partial charge in [0, 0.05) is 22.7 Å². The van der Waals surface area contributed by atoms with E-state index in [1.807, 2.05) is 24.5 Å². The Labute approximate surface area is 189 Å². The summed E-state index contributed by atoms with van der Waals surface area (Å²) in [6.07, 6.45) is 1.71. The summed E-state index contributed by atoms with van der Waals surface area (Å²) in [6.45, 7) is 4.42. The Hall–Kier alpha value is -3.90. The molecule has 162 valence electrons. The molecule has 0 saturated heterocycles. The topological polar surface area (TPSA) is 115 Å². The summed E-state index contributed by atoms with van der Waals surface area (Å²) in [5.74, 6) is 1.37. The zero-order chi connectivity index (χ0) is 22.7. The zero-order valence-corrected chi connectivity index (χ0v) is 18.3. The number of carbonyl (C=O) groups is 1. The summed E-state index contributed by atoms with van der Waals surface area (Å²) < 4.78 is 7.31. The van der Waals surface area contributed by atoms with E-state index in [9.17, 15) is 10.1 Å². The maximum Gasteiger partial charge on any atom is 0.227 e. The molecule has 9 nitrogen and oxygen atoms in total. The quantitative estimate of drug-likeness (QED) is 0.456. The van der Waals surface area contributed by atoms with Gasteiger partial charge < -0.3 is 14.3 Å². The molecule has 1 amide bonds. The van der Waals surface area contributed by atoms with Gasteiger partial charge in [-0.15, -0.1) is 10.2 Å². The van der Waals surface area contributed by atoms with Gasteiger partial charge in [-0.25, -0.2) is 0 Å². The molecule has 0 saturated carbocycles. The van der Waals surface area contributed by atoms with Gasteiger partial charge in [0.2, 0.25) is 11.7 Å². The van der Waals surface area contributed by atoms with Crippen molar-refractivity contribution in [2.45, 2.75) is 33.4 Å². The Kier molecular flexibility index (Phi) is 6.05. The van der Waals surface area contributed by atoms with Crippen LogP contribution < -0.4 is 5.32 Å². The van der Waals surface area contributed by atoms with E-state index in [1.54, 1.807) is 36.6 Å². The summed E-state index contributed by atoms with van der Waals surface area (Å²) in [4.78, 5) is 14.1. The number of anilines is 1. The molecular weight excluding hydrogens is 430 g/mol. The third-order valence-electron chi connectivity index (χ3n) is 5.19. The number of nitrogens with zero attached hydrogens (tertiary/aromatic N) is 6. The maximum absolute atomic E-state index is 12.7. The number of carbonyl (C=O) groups excluding carboxylic acids is 1. The molecule has 0 aliphatic carbocycles. The Morgan fingerprint density at radius 2 is 2.03 bits per heavy atom. The first kappa shape index (κ1) is 21.3. The van der Waals surface area contributed by atoms with Crippen LogP contribution in [-0.2, 0) is 17.9 Å². The first-order valence-corrected chi connectivity index (χ1v) is 10.3. The van der Waals surface area contributed by atoms with E-state index in [2.05, 4.69) is 26.8 Å². The highest BCUT2D eigenvalue weighted by atomic mass is 35.5. The number of rotatable bonds is 7. The summed E-state index contributed by atoms with van der Waals surface area (Å²) >= 11 is 5.91. The number of benzene rings is 1. The van der Waals surface area contributed by atoms with Crippen LogP contribution in [0.3, 0.4) is 0 Å². The van der Waals surface area contributed by atoms with Crippen molar-refractivity contribution >= 4 is 23.3 Å². The van der Waals surface area contributed by atoms with E-state index >= 15 is 0 Å².